The molecule has 4 nitrogen and oxygen atoms in total. The zero-order valence-electron chi connectivity index (χ0n) is 10.9. The Balaban J connectivity index is 0.000000121. The Morgan fingerprint density at radius 2 is 1.05 bits per heavy atom. The van der Waals surface area contributed by atoms with Gasteiger partial charge < -0.3 is 21.4 Å². The molecule has 0 aliphatic carbocycles. The molecule has 0 radical (unpaired) electrons. The molecule has 2 aromatic carbocycles. The highest BCUT2D eigenvalue weighted by Gasteiger charge is 1.92. The van der Waals surface area contributed by atoms with E-state index in [2.05, 4.69) is 9.97 Å². The third kappa shape index (κ3) is 2.44. The van der Waals surface area contributed by atoms with E-state index in [0.29, 0.717) is 0 Å². The second kappa shape index (κ2) is 5.01. The van der Waals surface area contributed by atoms with E-state index in [-0.39, 0.29) is 0 Å². The van der Waals surface area contributed by atoms with Crippen LogP contribution in [0.2, 0.25) is 0 Å². The van der Waals surface area contributed by atoms with Gasteiger partial charge in [0.1, 0.15) is 0 Å². The first-order valence-electron chi connectivity index (χ1n) is 6.37. The van der Waals surface area contributed by atoms with Crippen molar-refractivity contribution >= 4 is 33.2 Å². The van der Waals surface area contributed by atoms with Crippen molar-refractivity contribution < 1.29 is 0 Å². The first-order chi connectivity index (χ1) is 9.72. The number of nitrogens with two attached hydrogens (primary N) is 2. The number of nitrogens with one attached hydrogen (secondary N) is 2. The average Bonchev–Trinajstić information content (AvgIpc) is 3.06. The molecule has 0 bridgehead atoms. The molecule has 0 spiro atoms. The number of fused-ring (bicyclic) bond motifs is 2. The Labute approximate surface area is 116 Å². The van der Waals surface area contributed by atoms with E-state index in [0.717, 1.165) is 22.4 Å². The van der Waals surface area contributed by atoms with Crippen molar-refractivity contribution in [2.75, 3.05) is 11.5 Å². The van der Waals surface area contributed by atoms with Gasteiger partial charge in [0.15, 0.2) is 0 Å². The topological polar surface area (TPSA) is 83.6 Å². The second-order valence-electron chi connectivity index (χ2n) is 4.65. The van der Waals surface area contributed by atoms with Gasteiger partial charge in [-0.25, -0.2) is 0 Å². The van der Waals surface area contributed by atoms with E-state index in [1.165, 1.54) is 10.8 Å². The van der Waals surface area contributed by atoms with Gasteiger partial charge in [-0.05, 0) is 47.2 Å². The molecule has 6 N–H and O–H groups in total. The van der Waals surface area contributed by atoms with Crippen molar-refractivity contribution in [3.05, 3.63) is 60.9 Å². The van der Waals surface area contributed by atoms with Crippen LogP contribution in [0, 0.1) is 0 Å². The number of aromatic amines is 2. The molecule has 0 saturated carbocycles. The van der Waals surface area contributed by atoms with Gasteiger partial charge in [-0.2, -0.15) is 0 Å². The van der Waals surface area contributed by atoms with Gasteiger partial charge in [0, 0.05) is 34.8 Å². The minimum Gasteiger partial charge on any atom is -0.399 e. The molecule has 0 fully saturated rings. The van der Waals surface area contributed by atoms with E-state index in [1.54, 1.807) is 0 Å². The molecular weight excluding hydrogens is 248 g/mol. The van der Waals surface area contributed by atoms with Crippen molar-refractivity contribution in [2.45, 2.75) is 0 Å². The van der Waals surface area contributed by atoms with Crippen LogP contribution in [0.4, 0.5) is 11.4 Å². The highest BCUT2D eigenvalue weighted by Crippen LogP contribution is 2.15. The fourth-order valence-corrected chi connectivity index (χ4v) is 2.13. The summed E-state index contributed by atoms with van der Waals surface area (Å²) in [4.78, 5) is 6.16. The van der Waals surface area contributed by atoms with E-state index in [9.17, 15) is 0 Å². The summed E-state index contributed by atoms with van der Waals surface area (Å²) >= 11 is 0. The Bertz CT molecular complexity index is 770. The predicted octanol–water partition coefficient (Wildman–Crippen LogP) is 3.50. The predicted molar refractivity (Wildman–Crippen MR) is 85.4 cm³/mol. The summed E-state index contributed by atoms with van der Waals surface area (Å²) in [6, 6.07) is 15.7. The molecule has 4 aromatic rings. The monoisotopic (exact) mass is 264 g/mol. The van der Waals surface area contributed by atoms with E-state index < -0.39 is 0 Å². The van der Waals surface area contributed by atoms with E-state index >= 15 is 0 Å². The molecule has 20 heavy (non-hydrogen) atoms. The van der Waals surface area contributed by atoms with Crippen molar-refractivity contribution in [3.8, 4) is 0 Å². The molecule has 2 heterocycles. The maximum atomic E-state index is 5.56. The maximum absolute atomic E-state index is 5.56. The SMILES string of the molecule is Nc1ccc2cc[nH]c2c1.Nc1ccc2cc[nH]c2c1. The molecule has 100 valence electrons. The van der Waals surface area contributed by atoms with Crippen molar-refractivity contribution in [2.24, 2.45) is 0 Å². The number of anilines is 2. The van der Waals surface area contributed by atoms with Crippen LogP contribution >= 0.6 is 0 Å². The minimum absolute atomic E-state index is 0.801. The highest BCUT2D eigenvalue weighted by atomic mass is 14.7. The second-order valence-corrected chi connectivity index (χ2v) is 4.65. The van der Waals surface area contributed by atoms with Gasteiger partial charge in [-0.15, -0.1) is 0 Å². The molecule has 0 aliphatic heterocycles. The van der Waals surface area contributed by atoms with Gasteiger partial charge in [0.25, 0.3) is 0 Å². The quantitative estimate of drug-likeness (QED) is 0.366. The number of benzene rings is 2. The summed E-state index contributed by atoms with van der Waals surface area (Å²) < 4.78 is 0. The molecule has 0 aliphatic rings. The van der Waals surface area contributed by atoms with Gasteiger partial charge in [0.2, 0.25) is 0 Å². The molecular formula is C16H16N4. The van der Waals surface area contributed by atoms with Crippen molar-refractivity contribution in [1.82, 2.24) is 9.97 Å². The van der Waals surface area contributed by atoms with Crippen LogP contribution in [-0.2, 0) is 0 Å². The maximum Gasteiger partial charge on any atom is 0.0474 e. The molecule has 0 unspecified atom stereocenters. The van der Waals surface area contributed by atoms with Crippen LogP contribution in [0.25, 0.3) is 21.8 Å². The van der Waals surface area contributed by atoms with Gasteiger partial charge in [-0.3, -0.25) is 0 Å². The third-order valence-electron chi connectivity index (χ3n) is 3.16. The Hall–Kier alpha value is -2.88. The fourth-order valence-electron chi connectivity index (χ4n) is 2.13. The van der Waals surface area contributed by atoms with Gasteiger partial charge in [-0.1, -0.05) is 12.1 Å². The minimum atomic E-state index is 0.801. The third-order valence-corrected chi connectivity index (χ3v) is 3.16. The first-order valence-corrected chi connectivity index (χ1v) is 6.37. The molecule has 4 rings (SSSR count). The zero-order chi connectivity index (χ0) is 13.9. The summed E-state index contributed by atoms with van der Waals surface area (Å²) in [6.45, 7) is 0. The number of H-pyrrole nitrogens is 2. The summed E-state index contributed by atoms with van der Waals surface area (Å²) in [5.74, 6) is 0. The molecule has 2 aromatic heterocycles. The van der Waals surface area contributed by atoms with Crippen LogP contribution in [0.3, 0.4) is 0 Å². The Morgan fingerprint density at radius 1 is 0.600 bits per heavy atom. The van der Waals surface area contributed by atoms with Crippen LogP contribution < -0.4 is 11.5 Å². The summed E-state index contributed by atoms with van der Waals surface area (Å²) in [5.41, 5.74) is 14.9. The lowest BCUT2D eigenvalue weighted by molar-refractivity contribution is 1.48. The van der Waals surface area contributed by atoms with Crippen molar-refractivity contribution in [3.63, 3.8) is 0 Å². The van der Waals surface area contributed by atoms with Crippen molar-refractivity contribution in [1.29, 1.82) is 0 Å². The summed E-state index contributed by atoms with van der Waals surface area (Å²) in [6.07, 6.45) is 3.81. The first kappa shape index (κ1) is 12.2. The Kier molecular flexibility index (Phi) is 3.05. The molecule has 4 heteroatoms. The summed E-state index contributed by atoms with van der Waals surface area (Å²) in [5, 5.41) is 2.41. The fraction of sp³-hybridized carbons (Fsp3) is 0. The van der Waals surface area contributed by atoms with Gasteiger partial charge in [0.05, 0.1) is 0 Å². The normalized spacial score (nSPS) is 10.4. The largest absolute Gasteiger partial charge is 0.399 e. The standard InChI is InChI=1S/2C8H8N2/c2*9-7-2-1-6-3-4-10-8(6)5-7/h2*1-5,10H,9H2. The van der Waals surface area contributed by atoms with Crippen LogP contribution in [0.5, 0.6) is 0 Å². The molecule has 0 atom stereocenters. The lowest BCUT2D eigenvalue weighted by Gasteiger charge is -1.90. The Morgan fingerprint density at radius 3 is 1.50 bits per heavy atom. The number of aromatic nitrogens is 2. The average molecular weight is 264 g/mol. The highest BCUT2D eigenvalue weighted by molar-refractivity contribution is 5.82. The molecule has 0 amide bonds. The number of nitrogen functional groups attached to an aromatic ring is 2. The number of hydrogen-bond donors (Lipinski definition) is 4. The van der Waals surface area contributed by atoms with E-state index in [1.807, 2.05) is 60.9 Å². The lowest BCUT2D eigenvalue weighted by Crippen LogP contribution is -1.81. The number of hydrogen-bond acceptors (Lipinski definition) is 2. The molecule has 0 saturated heterocycles. The van der Waals surface area contributed by atoms with Gasteiger partial charge >= 0.3 is 0 Å². The van der Waals surface area contributed by atoms with E-state index in [4.69, 9.17) is 11.5 Å². The lowest BCUT2D eigenvalue weighted by atomic mass is 10.2. The summed E-state index contributed by atoms with van der Waals surface area (Å²) in [7, 11) is 0. The van der Waals surface area contributed by atoms with Crippen LogP contribution in [0.15, 0.2) is 60.9 Å². The number of rotatable bonds is 0. The zero-order valence-corrected chi connectivity index (χ0v) is 10.9. The smallest absolute Gasteiger partial charge is 0.0474 e. The van der Waals surface area contributed by atoms with Crippen LogP contribution in [-0.4, -0.2) is 9.97 Å². The van der Waals surface area contributed by atoms with Crippen LogP contribution in [0.1, 0.15) is 0 Å².